The normalized spacial score (nSPS) is 10.6. The number of nitro benzene ring substituents is 1. The van der Waals surface area contributed by atoms with E-state index >= 15 is 0 Å². The average molecular weight is 437 g/mol. The number of hydrogen-bond acceptors (Lipinski definition) is 5. The van der Waals surface area contributed by atoms with Crippen LogP contribution in [0.1, 0.15) is 31.8 Å². The molecule has 2 N–H and O–H groups in total. The Labute approximate surface area is 182 Å². The number of rotatable bonds is 6. The van der Waals surface area contributed by atoms with Crippen molar-refractivity contribution in [3.05, 3.63) is 104 Å². The number of carbonyl (C=O) groups is 2. The number of halogens is 1. The van der Waals surface area contributed by atoms with Crippen LogP contribution in [0.25, 0.3) is 0 Å². The minimum absolute atomic E-state index is 0.138. The van der Waals surface area contributed by atoms with E-state index in [0.29, 0.717) is 22.4 Å². The highest BCUT2D eigenvalue weighted by atomic mass is 35.5. The van der Waals surface area contributed by atoms with E-state index in [1.54, 1.807) is 36.4 Å². The highest BCUT2D eigenvalue weighted by Gasteiger charge is 2.11. The van der Waals surface area contributed by atoms with E-state index in [2.05, 4.69) is 15.8 Å². The van der Waals surface area contributed by atoms with Crippen molar-refractivity contribution >= 4 is 41.0 Å². The van der Waals surface area contributed by atoms with Gasteiger partial charge in [0.2, 0.25) is 0 Å². The van der Waals surface area contributed by atoms with Gasteiger partial charge in [0.25, 0.3) is 17.5 Å². The van der Waals surface area contributed by atoms with Crippen molar-refractivity contribution in [2.24, 2.45) is 5.10 Å². The Morgan fingerprint density at radius 3 is 2.42 bits per heavy atom. The topological polar surface area (TPSA) is 114 Å². The number of nitrogens with one attached hydrogen (secondary N) is 2. The summed E-state index contributed by atoms with van der Waals surface area (Å²) in [6.07, 6.45) is 1.23. The molecule has 0 heterocycles. The van der Waals surface area contributed by atoms with E-state index < -0.39 is 10.8 Å². The lowest BCUT2D eigenvalue weighted by molar-refractivity contribution is -0.384. The Morgan fingerprint density at radius 2 is 1.74 bits per heavy atom. The second-order valence-electron chi connectivity index (χ2n) is 6.51. The van der Waals surface area contributed by atoms with Crippen LogP contribution in [0.4, 0.5) is 11.4 Å². The summed E-state index contributed by atoms with van der Waals surface area (Å²) in [7, 11) is 0. The molecule has 3 aromatic carbocycles. The largest absolute Gasteiger partial charge is 0.322 e. The third-order valence-electron chi connectivity index (χ3n) is 4.35. The summed E-state index contributed by atoms with van der Waals surface area (Å²) in [6.45, 7) is 1.85. The first-order valence-electron chi connectivity index (χ1n) is 9.09. The van der Waals surface area contributed by atoms with Crippen molar-refractivity contribution in [3.63, 3.8) is 0 Å². The summed E-state index contributed by atoms with van der Waals surface area (Å²) < 4.78 is 0. The first kappa shape index (κ1) is 21.7. The Balaban J connectivity index is 1.62. The number of anilines is 1. The third-order valence-corrected chi connectivity index (χ3v) is 4.70. The lowest BCUT2D eigenvalue weighted by Crippen LogP contribution is -2.18. The number of carbonyl (C=O) groups excluding carboxylic acids is 2. The molecule has 156 valence electrons. The fourth-order valence-electron chi connectivity index (χ4n) is 2.70. The molecule has 0 radical (unpaired) electrons. The average Bonchev–Trinajstić information content (AvgIpc) is 2.75. The molecule has 0 fully saturated rings. The Bertz CT molecular complexity index is 1180. The van der Waals surface area contributed by atoms with Gasteiger partial charge in [0.05, 0.1) is 11.1 Å². The molecule has 0 unspecified atom stereocenters. The standard InChI is InChI=1S/C22H17ClN4O4/c1-14-4-2-3-5-19(14)22(29)25-17-8-6-15(7-9-17)21(28)26-24-13-16-12-18(27(30)31)10-11-20(16)23/h2-13H,1H3,(H,25,29)(H,26,28)/b24-13-. The Morgan fingerprint density at radius 1 is 1.03 bits per heavy atom. The molecule has 3 aromatic rings. The third kappa shape index (κ3) is 5.52. The molecule has 0 atom stereocenters. The maximum Gasteiger partial charge on any atom is 0.271 e. The zero-order chi connectivity index (χ0) is 22.4. The first-order chi connectivity index (χ1) is 14.8. The summed E-state index contributed by atoms with van der Waals surface area (Å²) in [4.78, 5) is 34.9. The number of non-ortho nitro benzene ring substituents is 1. The molecule has 0 aliphatic heterocycles. The monoisotopic (exact) mass is 436 g/mol. The van der Waals surface area contributed by atoms with Crippen LogP contribution >= 0.6 is 11.6 Å². The van der Waals surface area contributed by atoms with Crippen LogP contribution in [0.2, 0.25) is 5.02 Å². The lowest BCUT2D eigenvalue weighted by Gasteiger charge is -2.08. The molecule has 0 bridgehead atoms. The fourth-order valence-corrected chi connectivity index (χ4v) is 2.87. The quantitative estimate of drug-likeness (QED) is 0.334. The number of hydrogen-bond donors (Lipinski definition) is 2. The summed E-state index contributed by atoms with van der Waals surface area (Å²) in [5, 5.41) is 17.7. The van der Waals surface area contributed by atoms with Crippen molar-refractivity contribution in [2.75, 3.05) is 5.32 Å². The minimum atomic E-state index is -0.550. The predicted molar refractivity (Wildman–Crippen MR) is 119 cm³/mol. The summed E-state index contributed by atoms with van der Waals surface area (Å²) in [6, 6.07) is 17.4. The molecule has 9 heteroatoms. The molecule has 0 saturated carbocycles. The summed E-state index contributed by atoms with van der Waals surface area (Å²) in [5.74, 6) is -0.733. The number of nitrogens with zero attached hydrogens (tertiary/aromatic N) is 2. The first-order valence-corrected chi connectivity index (χ1v) is 9.47. The van der Waals surface area contributed by atoms with E-state index in [4.69, 9.17) is 11.6 Å². The molecule has 0 aliphatic rings. The molecule has 31 heavy (non-hydrogen) atoms. The smallest absolute Gasteiger partial charge is 0.271 e. The lowest BCUT2D eigenvalue weighted by atomic mass is 10.1. The van der Waals surface area contributed by atoms with Gasteiger partial charge in [0, 0.05) is 39.5 Å². The number of hydrazone groups is 1. The molecule has 0 saturated heterocycles. The van der Waals surface area contributed by atoms with Crippen molar-refractivity contribution in [3.8, 4) is 0 Å². The highest BCUT2D eigenvalue weighted by molar-refractivity contribution is 6.33. The van der Waals surface area contributed by atoms with Crippen LogP contribution in [0.5, 0.6) is 0 Å². The van der Waals surface area contributed by atoms with Crippen molar-refractivity contribution in [1.82, 2.24) is 5.43 Å². The molecule has 0 aromatic heterocycles. The number of aryl methyl sites for hydroxylation is 1. The number of nitro groups is 1. The van der Waals surface area contributed by atoms with E-state index in [0.717, 1.165) is 5.56 Å². The van der Waals surface area contributed by atoms with E-state index in [1.807, 2.05) is 19.1 Å². The van der Waals surface area contributed by atoms with Crippen LogP contribution in [0.3, 0.4) is 0 Å². The Kier molecular flexibility index (Phi) is 6.74. The number of amides is 2. The van der Waals surface area contributed by atoms with Crippen molar-refractivity contribution < 1.29 is 14.5 Å². The van der Waals surface area contributed by atoms with E-state index in [9.17, 15) is 19.7 Å². The molecule has 2 amide bonds. The fraction of sp³-hybridized carbons (Fsp3) is 0.0455. The molecular weight excluding hydrogens is 420 g/mol. The van der Waals surface area contributed by atoms with Gasteiger partial charge < -0.3 is 5.32 Å². The van der Waals surface area contributed by atoms with Crippen molar-refractivity contribution in [2.45, 2.75) is 6.92 Å². The molecule has 8 nitrogen and oxygen atoms in total. The SMILES string of the molecule is Cc1ccccc1C(=O)Nc1ccc(C(=O)N/N=C\c2cc([N+](=O)[O-])ccc2Cl)cc1. The maximum absolute atomic E-state index is 12.4. The maximum atomic E-state index is 12.4. The van der Waals surface area contributed by atoms with Crippen molar-refractivity contribution in [1.29, 1.82) is 0 Å². The van der Waals surface area contributed by atoms with Gasteiger partial charge in [-0.2, -0.15) is 5.10 Å². The van der Waals surface area contributed by atoms with Gasteiger partial charge in [-0.15, -0.1) is 0 Å². The van der Waals surface area contributed by atoms with E-state index in [1.165, 1.54) is 24.4 Å². The Hall–Kier alpha value is -4.04. The second-order valence-corrected chi connectivity index (χ2v) is 6.92. The summed E-state index contributed by atoms with van der Waals surface area (Å²) in [5.41, 5.74) is 4.77. The van der Waals surface area contributed by atoms with Gasteiger partial charge in [-0.25, -0.2) is 5.43 Å². The molecule has 0 aliphatic carbocycles. The van der Waals surface area contributed by atoms with E-state index in [-0.39, 0.29) is 16.6 Å². The molecular formula is C22H17ClN4O4. The van der Waals surface area contributed by atoms with Gasteiger partial charge >= 0.3 is 0 Å². The molecule has 3 rings (SSSR count). The van der Waals surface area contributed by atoms with Crippen LogP contribution in [0, 0.1) is 17.0 Å². The van der Waals surface area contributed by atoms with Gasteiger partial charge in [-0.05, 0) is 48.9 Å². The van der Waals surface area contributed by atoms with Crippen LogP contribution in [-0.4, -0.2) is 23.0 Å². The summed E-state index contributed by atoms with van der Waals surface area (Å²) >= 11 is 5.99. The second kappa shape index (κ2) is 9.64. The van der Waals surface area contributed by atoms with Gasteiger partial charge in [0.1, 0.15) is 0 Å². The zero-order valence-electron chi connectivity index (χ0n) is 16.3. The van der Waals surface area contributed by atoms with Gasteiger partial charge in [-0.3, -0.25) is 19.7 Å². The van der Waals surface area contributed by atoms with Gasteiger partial charge in [-0.1, -0.05) is 29.8 Å². The van der Waals surface area contributed by atoms with Gasteiger partial charge in [0.15, 0.2) is 0 Å². The van der Waals surface area contributed by atoms with Crippen LogP contribution in [0.15, 0.2) is 71.8 Å². The van der Waals surface area contributed by atoms with Crippen LogP contribution in [-0.2, 0) is 0 Å². The molecule has 0 spiro atoms. The minimum Gasteiger partial charge on any atom is -0.322 e. The predicted octanol–water partition coefficient (Wildman–Crippen LogP) is 4.57. The van der Waals surface area contributed by atoms with Crippen LogP contribution < -0.4 is 10.7 Å². The zero-order valence-corrected chi connectivity index (χ0v) is 17.1. The highest BCUT2D eigenvalue weighted by Crippen LogP contribution is 2.20. The number of benzene rings is 3.